The Kier molecular flexibility index (Phi) is 14.2. The maximum atomic E-state index is 15.6. The van der Waals surface area contributed by atoms with Crippen molar-refractivity contribution in [3.05, 3.63) is 65.1 Å². The minimum absolute atomic E-state index is 0.00875. The summed E-state index contributed by atoms with van der Waals surface area (Å²) in [6, 6.07) is 6.81. The Morgan fingerprint density at radius 2 is 1.71 bits per heavy atom. The number of fused-ring (bicyclic) bond motifs is 2. The first kappa shape index (κ1) is 47.7. The first-order chi connectivity index (χ1) is 32.6. The Hall–Kier alpha value is -6.81. The summed E-state index contributed by atoms with van der Waals surface area (Å²) >= 11 is 0. The summed E-state index contributed by atoms with van der Waals surface area (Å²) in [5, 5.41) is 10.8. The van der Waals surface area contributed by atoms with Crippen molar-refractivity contribution in [2.45, 2.75) is 75.4 Å². The molecule has 0 bridgehead atoms. The molecule has 5 heterocycles. The SMILES string of the molecule is COc1cc(C(=O)NC2CCN(CCOCCNC(=O)COc3cccc4c3C(=O)N(C3CCC(=O)NC3=O)C4=O)CC2)c(F)cc1Nc1cc2c(cn1)N(C)C(=O)C(F)(F)CN2C1CCCC1. The highest BCUT2D eigenvalue weighted by Gasteiger charge is 2.49. The fourth-order valence-corrected chi connectivity index (χ4v) is 9.31. The van der Waals surface area contributed by atoms with Gasteiger partial charge in [0.2, 0.25) is 11.8 Å². The Balaban J connectivity index is 0.758. The first-order valence-corrected chi connectivity index (χ1v) is 22.6. The van der Waals surface area contributed by atoms with Crippen LogP contribution in [0.25, 0.3) is 0 Å². The van der Waals surface area contributed by atoms with Crippen LogP contribution in [0.2, 0.25) is 0 Å². The highest BCUT2D eigenvalue weighted by Crippen LogP contribution is 2.42. The zero-order valence-electron chi connectivity index (χ0n) is 37.5. The number of anilines is 4. The zero-order chi connectivity index (χ0) is 48.3. The molecule has 5 aliphatic rings. The number of alkyl halides is 2. The summed E-state index contributed by atoms with van der Waals surface area (Å²) < 4.78 is 62.6. The summed E-state index contributed by atoms with van der Waals surface area (Å²) in [4.78, 5) is 98.7. The lowest BCUT2D eigenvalue weighted by Crippen LogP contribution is -2.54. The number of hydrogen-bond acceptors (Lipinski definition) is 14. The van der Waals surface area contributed by atoms with E-state index in [-0.39, 0.29) is 83.5 Å². The molecule has 1 aromatic heterocycles. The van der Waals surface area contributed by atoms with Crippen LogP contribution in [0, 0.1) is 5.82 Å². The van der Waals surface area contributed by atoms with Gasteiger partial charge in [0.15, 0.2) is 6.61 Å². The number of aromatic nitrogens is 1. The minimum Gasteiger partial charge on any atom is -0.495 e. The van der Waals surface area contributed by atoms with Crippen molar-refractivity contribution in [1.29, 1.82) is 0 Å². The van der Waals surface area contributed by atoms with E-state index >= 15 is 13.2 Å². The second kappa shape index (κ2) is 20.2. The lowest BCUT2D eigenvalue weighted by molar-refractivity contribution is -0.140. The molecule has 1 unspecified atom stereocenters. The van der Waals surface area contributed by atoms with Gasteiger partial charge in [-0.2, -0.15) is 8.78 Å². The van der Waals surface area contributed by atoms with Gasteiger partial charge >= 0.3 is 5.92 Å². The number of pyridine rings is 1. The van der Waals surface area contributed by atoms with E-state index < -0.39 is 72.3 Å². The van der Waals surface area contributed by atoms with Gasteiger partial charge in [-0.3, -0.25) is 43.8 Å². The lowest BCUT2D eigenvalue weighted by atomic mass is 10.0. The van der Waals surface area contributed by atoms with Crippen LogP contribution in [0.1, 0.15) is 82.4 Å². The number of nitrogens with one attached hydrogen (secondary N) is 4. The van der Waals surface area contributed by atoms with Crippen LogP contribution in [-0.4, -0.2) is 147 Å². The van der Waals surface area contributed by atoms with Crippen molar-refractivity contribution in [2.24, 2.45) is 0 Å². The van der Waals surface area contributed by atoms with Gasteiger partial charge in [0.05, 0.1) is 66.8 Å². The molecule has 19 nitrogen and oxygen atoms in total. The van der Waals surface area contributed by atoms with E-state index in [1.54, 1.807) is 11.0 Å². The molecule has 1 saturated carbocycles. The second-order valence-electron chi connectivity index (χ2n) is 17.3. The number of imide groups is 2. The van der Waals surface area contributed by atoms with Crippen molar-refractivity contribution in [3.8, 4) is 11.5 Å². The second-order valence-corrected chi connectivity index (χ2v) is 17.3. The highest BCUT2D eigenvalue weighted by molar-refractivity contribution is 6.24. The van der Waals surface area contributed by atoms with Crippen LogP contribution in [0.3, 0.4) is 0 Å². The van der Waals surface area contributed by atoms with Crippen LogP contribution in [0.4, 0.5) is 36.1 Å². The number of methoxy groups -OCH3 is 1. The number of halogens is 3. The van der Waals surface area contributed by atoms with E-state index in [1.165, 1.54) is 44.6 Å². The average molecular weight is 948 g/mol. The van der Waals surface area contributed by atoms with Crippen molar-refractivity contribution in [2.75, 3.05) is 81.8 Å². The standard InChI is InChI=1S/C46H52F3N9O10/c1-55-34-23-51-37(22-33(34)57(27-6-3-4-7-27)25-46(48,49)45(55)65)53-31-21-30(47)29(20-36(31)66-2)41(61)52-26-12-15-56(16-13-26)17-19-67-18-14-50-39(60)24-68-35-9-5-8-28-40(35)44(64)58(43(28)63)32-10-11-38(59)54-42(32)62/h5,8-9,20-23,26-27,32H,3-4,6-7,10-19,24-25H2,1-2H3,(H,50,60)(H,51,53)(H,52,61)(H,54,59,62). The van der Waals surface area contributed by atoms with E-state index in [0.717, 1.165) is 28.7 Å². The van der Waals surface area contributed by atoms with E-state index in [9.17, 15) is 33.6 Å². The molecule has 22 heteroatoms. The number of amides is 7. The van der Waals surface area contributed by atoms with Crippen LogP contribution in [-0.2, 0) is 23.9 Å². The molecule has 2 aromatic carbocycles. The Morgan fingerprint density at radius 1 is 0.941 bits per heavy atom. The number of nitrogens with zero attached hydrogens (tertiary/aromatic N) is 5. The molecule has 1 atom stereocenters. The molecule has 3 fully saturated rings. The molecule has 68 heavy (non-hydrogen) atoms. The Morgan fingerprint density at radius 3 is 2.44 bits per heavy atom. The van der Waals surface area contributed by atoms with Crippen LogP contribution >= 0.6 is 0 Å². The van der Waals surface area contributed by atoms with Gasteiger partial charge in [0, 0.05) is 63.9 Å². The third kappa shape index (κ3) is 10.1. The topological polar surface area (TPSA) is 221 Å². The van der Waals surface area contributed by atoms with Crippen molar-refractivity contribution in [3.63, 3.8) is 0 Å². The molecule has 0 spiro atoms. The monoisotopic (exact) mass is 947 g/mol. The summed E-state index contributed by atoms with van der Waals surface area (Å²) in [7, 11) is 2.66. The number of carbonyl (C=O) groups is 7. The molecule has 2 saturated heterocycles. The summed E-state index contributed by atoms with van der Waals surface area (Å²) in [6.07, 6.45) is 5.73. The van der Waals surface area contributed by atoms with Gasteiger partial charge in [0.1, 0.15) is 29.2 Å². The molecule has 0 radical (unpaired) electrons. The van der Waals surface area contributed by atoms with Gasteiger partial charge in [0.25, 0.3) is 29.5 Å². The number of ether oxygens (including phenoxy) is 3. The molecule has 3 aromatic rings. The molecular weight excluding hydrogens is 896 g/mol. The lowest BCUT2D eigenvalue weighted by Gasteiger charge is -2.32. The Labute approximate surface area is 389 Å². The summed E-state index contributed by atoms with van der Waals surface area (Å²) in [5.74, 6) is -9.12. The predicted octanol–water partition coefficient (Wildman–Crippen LogP) is 3.14. The largest absolute Gasteiger partial charge is 0.495 e. The zero-order valence-corrected chi connectivity index (χ0v) is 37.5. The van der Waals surface area contributed by atoms with E-state index in [1.807, 2.05) is 0 Å². The van der Waals surface area contributed by atoms with Gasteiger partial charge in [-0.1, -0.05) is 18.9 Å². The van der Waals surface area contributed by atoms with Crippen molar-refractivity contribution < 1.29 is 60.9 Å². The number of benzene rings is 2. The molecule has 4 N–H and O–H groups in total. The van der Waals surface area contributed by atoms with Crippen molar-refractivity contribution >= 4 is 64.2 Å². The maximum Gasteiger partial charge on any atom is 0.342 e. The fraction of sp³-hybridized carbons (Fsp3) is 0.478. The third-order valence-electron chi connectivity index (χ3n) is 12.9. The molecule has 1 aliphatic carbocycles. The van der Waals surface area contributed by atoms with Crippen LogP contribution in [0.5, 0.6) is 11.5 Å². The van der Waals surface area contributed by atoms with E-state index in [2.05, 4.69) is 31.2 Å². The smallest absolute Gasteiger partial charge is 0.342 e. The molecule has 4 aliphatic heterocycles. The van der Waals surface area contributed by atoms with Gasteiger partial charge in [-0.05, 0) is 50.3 Å². The third-order valence-corrected chi connectivity index (χ3v) is 12.9. The summed E-state index contributed by atoms with van der Waals surface area (Å²) in [6.45, 7) is 1.43. The minimum atomic E-state index is -3.61. The summed E-state index contributed by atoms with van der Waals surface area (Å²) in [5.41, 5.74) is 0.550. The molecular formula is C46H52F3N9O10. The van der Waals surface area contributed by atoms with Crippen LogP contribution in [0.15, 0.2) is 42.6 Å². The predicted molar refractivity (Wildman–Crippen MR) is 238 cm³/mol. The fourth-order valence-electron chi connectivity index (χ4n) is 9.31. The number of likely N-dealkylation sites (tertiary alicyclic amines) is 1. The number of carbonyl (C=O) groups excluding carboxylic acids is 7. The molecule has 7 amide bonds. The number of rotatable bonds is 16. The number of hydrogen-bond donors (Lipinski definition) is 4. The van der Waals surface area contributed by atoms with Gasteiger partial charge < -0.3 is 44.9 Å². The molecule has 362 valence electrons. The highest BCUT2D eigenvalue weighted by atomic mass is 19.3. The Bertz CT molecular complexity index is 2500. The van der Waals surface area contributed by atoms with Crippen molar-refractivity contribution in [1.82, 2.24) is 30.7 Å². The maximum absolute atomic E-state index is 15.6. The van der Waals surface area contributed by atoms with E-state index in [0.29, 0.717) is 57.6 Å². The quantitative estimate of drug-likeness (QED) is 0.120. The molecule has 8 rings (SSSR count). The first-order valence-electron chi connectivity index (χ1n) is 22.6. The average Bonchev–Trinajstić information content (AvgIpc) is 3.93. The van der Waals surface area contributed by atoms with Crippen LogP contribution < -0.4 is 40.5 Å². The van der Waals surface area contributed by atoms with E-state index in [4.69, 9.17) is 14.2 Å². The van der Waals surface area contributed by atoms with Gasteiger partial charge in [-0.25, -0.2) is 9.37 Å². The normalized spacial score (nSPS) is 19.9. The number of piperidine rings is 2. The van der Waals surface area contributed by atoms with Gasteiger partial charge in [-0.15, -0.1) is 0 Å².